The van der Waals surface area contributed by atoms with Crippen LogP contribution < -0.4 is 4.83 Å². The van der Waals surface area contributed by atoms with Crippen LogP contribution in [0, 0.1) is 5.82 Å². The first-order chi connectivity index (χ1) is 9.49. The van der Waals surface area contributed by atoms with Crippen molar-refractivity contribution in [3.63, 3.8) is 0 Å². The molecule has 0 amide bonds. The summed E-state index contributed by atoms with van der Waals surface area (Å²) in [6.45, 7) is 1.64. The average Bonchev–Trinajstić information content (AvgIpc) is 2.46. The summed E-state index contributed by atoms with van der Waals surface area (Å²) >= 11 is 0. The van der Waals surface area contributed by atoms with Crippen molar-refractivity contribution in [2.24, 2.45) is 5.10 Å². The minimum absolute atomic E-state index is 0.135. The van der Waals surface area contributed by atoms with Gasteiger partial charge in [-0.25, -0.2) is 4.39 Å². The van der Waals surface area contributed by atoms with Gasteiger partial charge in [0.25, 0.3) is 10.0 Å². The maximum absolute atomic E-state index is 12.8. The SMILES string of the molecule is C/C(=N\NS(=O)(=O)c1ccccc1)c1ccc(F)cc1. The van der Waals surface area contributed by atoms with Crippen LogP contribution in [0.15, 0.2) is 64.6 Å². The number of benzene rings is 2. The molecule has 0 aliphatic heterocycles. The second-order valence-electron chi connectivity index (χ2n) is 4.11. The molecule has 0 aliphatic carbocycles. The summed E-state index contributed by atoms with van der Waals surface area (Å²) < 4.78 is 36.7. The van der Waals surface area contributed by atoms with Crippen molar-refractivity contribution in [3.05, 3.63) is 66.0 Å². The molecule has 4 nitrogen and oxygen atoms in total. The van der Waals surface area contributed by atoms with Crippen LogP contribution in [-0.2, 0) is 10.0 Å². The standard InChI is InChI=1S/C14H13FN2O2S/c1-11(12-7-9-13(15)10-8-12)16-17-20(18,19)14-5-3-2-4-6-14/h2-10,17H,1H3/b16-11+. The third kappa shape index (κ3) is 3.42. The van der Waals surface area contributed by atoms with E-state index in [1.165, 1.54) is 36.4 Å². The van der Waals surface area contributed by atoms with Gasteiger partial charge in [0.2, 0.25) is 0 Å². The molecule has 2 rings (SSSR count). The molecule has 2 aromatic carbocycles. The van der Waals surface area contributed by atoms with Gasteiger partial charge in [-0.1, -0.05) is 30.3 Å². The number of sulfonamides is 1. The lowest BCUT2D eigenvalue weighted by Gasteiger charge is -2.05. The zero-order valence-corrected chi connectivity index (χ0v) is 11.6. The van der Waals surface area contributed by atoms with Gasteiger partial charge < -0.3 is 0 Å². The van der Waals surface area contributed by atoms with Crippen LogP contribution in [-0.4, -0.2) is 14.1 Å². The number of nitrogens with zero attached hydrogens (tertiary/aromatic N) is 1. The molecule has 0 unspecified atom stereocenters. The number of halogens is 1. The van der Waals surface area contributed by atoms with Gasteiger partial charge >= 0.3 is 0 Å². The Bertz CT molecular complexity index is 711. The summed E-state index contributed by atoms with van der Waals surface area (Å²) in [5.41, 5.74) is 1.09. The number of nitrogens with one attached hydrogen (secondary N) is 1. The van der Waals surface area contributed by atoms with E-state index in [0.717, 1.165) is 0 Å². The molecule has 1 N–H and O–H groups in total. The molecule has 0 saturated heterocycles. The average molecular weight is 292 g/mol. The molecule has 104 valence electrons. The first-order valence-corrected chi connectivity index (χ1v) is 7.34. The maximum atomic E-state index is 12.8. The van der Waals surface area contributed by atoms with Crippen LogP contribution in [0.25, 0.3) is 0 Å². The second kappa shape index (κ2) is 5.83. The van der Waals surface area contributed by atoms with Crippen molar-refractivity contribution in [3.8, 4) is 0 Å². The lowest BCUT2D eigenvalue weighted by molar-refractivity contribution is 0.584. The monoisotopic (exact) mass is 292 g/mol. The van der Waals surface area contributed by atoms with E-state index in [4.69, 9.17) is 0 Å². The van der Waals surface area contributed by atoms with E-state index in [-0.39, 0.29) is 10.7 Å². The smallest absolute Gasteiger partial charge is 0.207 e. The fourth-order valence-corrected chi connectivity index (χ4v) is 2.41. The van der Waals surface area contributed by atoms with Gasteiger partial charge in [-0.2, -0.15) is 18.4 Å². The molecule has 2 aromatic rings. The van der Waals surface area contributed by atoms with E-state index in [1.54, 1.807) is 25.1 Å². The first-order valence-electron chi connectivity index (χ1n) is 5.86. The molecule has 6 heteroatoms. The molecule has 0 aromatic heterocycles. The Hall–Kier alpha value is -2.21. The first kappa shape index (κ1) is 14.2. The topological polar surface area (TPSA) is 58.5 Å². The van der Waals surface area contributed by atoms with Gasteiger partial charge in [-0.05, 0) is 36.8 Å². The van der Waals surface area contributed by atoms with E-state index < -0.39 is 10.0 Å². The molecule has 0 aliphatic rings. The highest BCUT2D eigenvalue weighted by Gasteiger charge is 2.11. The highest BCUT2D eigenvalue weighted by molar-refractivity contribution is 7.89. The Morgan fingerprint density at radius 2 is 1.65 bits per heavy atom. The summed E-state index contributed by atoms with van der Waals surface area (Å²) in [7, 11) is -3.68. The normalized spacial score (nSPS) is 12.2. The van der Waals surface area contributed by atoms with Gasteiger partial charge in [0.15, 0.2) is 0 Å². The molecule has 0 radical (unpaired) electrons. The Labute approximate surface area is 117 Å². The quantitative estimate of drug-likeness (QED) is 0.695. The van der Waals surface area contributed by atoms with Crippen LogP contribution in [0.4, 0.5) is 4.39 Å². The van der Waals surface area contributed by atoms with E-state index in [0.29, 0.717) is 11.3 Å². The number of hydrazone groups is 1. The van der Waals surface area contributed by atoms with E-state index in [2.05, 4.69) is 9.93 Å². The van der Waals surface area contributed by atoms with E-state index in [9.17, 15) is 12.8 Å². The zero-order valence-electron chi connectivity index (χ0n) is 10.7. The van der Waals surface area contributed by atoms with Crippen molar-refractivity contribution >= 4 is 15.7 Å². The van der Waals surface area contributed by atoms with Crippen molar-refractivity contribution < 1.29 is 12.8 Å². The fourth-order valence-electron chi connectivity index (χ4n) is 1.54. The van der Waals surface area contributed by atoms with Crippen LogP contribution in [0.1, 0.15) is 12.5 Å². The van der Waals surface area contributed by atoms with Crippen LogP contribution >= 0.6 is 0 Å². The Morgan fingerprint density at radius 1 is 1.05 bits per heavy atom. The molecule has 0 fully saturated rings. The van der Waals surface area contributed by atoms with Crippen LogP contribution in [0.3, 0.4) is 0 Å². The Balaban J connectivity index is 2.18. The number of hydrogen-bond donors (Lipinski definition) is 1. The number of rotatable bonds is 4. The van der Waals surface area contributed by atoms with Crippen molar-refractivity contribution in [2.45, 2.75) is 11.8 Å². The molecule has 0 saturated carbocycles. The van der Waals surface area contributed by atoms with E-state index in [1.807, 2.05) is 0 Å². The Kier molecular flexibility index (Phi) is 4.14. The van der Waals surface area contributed by atoms with Gasteiger partial charge in [-0.3, -0.25) is 0 Å². The van der Waals surface area contributed by atoms with Crippen LogP contribution in [0.2, 0.25) is 0 Å². The minimum atomic E-state index is -3.68. The molecule has 0 spiro atoms. The molecular weight excluding hydrogens is 279 g/mol. The second-order valence-corrected chi connectivity index (χ2v) is 5.77. The summed E-state index contributed by atoms with van der Waals surface area (Å²) in [6.07, 6.45) is 0. The molecular formula is C14H13FN2O2S. The molecule has 20 heavy (non-hydrogen) atoms. The summed E-state index contributed by atoms with van der Waals surface area (Å²) in [6, 6.07) is 13.6. The predicted molar refractivity (Wildman–Crippen MR) is 75.4 cm³/mol. The minimum Gasteiger partial charge on any atom is -0.207 e. The maximum Gasteiger partial charge on any atom is 0.276 e. The molecule has 0 bridgehead atoms. The van der Waals surface area contributed by atoms with Gasteiger partial charge in [-0.15, -0.1) is 0 Å². The van der Waals surface area contributed by atoms with E-state index >= 15 is 0 Å². The third-order valence-corrected chi connectivity index (χ3v) is 3.87. The zero-order chi connectivity index (χ0) is 14.6. The van der Waals surface area contributed by atoms with Crippen molar-refractivity contribution in [2.75, 3.05) is 0 Å². The van der Waals surface area contributed by atoms with Gasteiger partial charge in [0.1, 0.15) is 5.82 Å². The number of hydrogen-bond acceptors (Lipinski definition) is 3. The lowest BCUT2D eigenvalue weighted by atomic mass is 10.1. The lowest BCUT2D eigenvalue weighted by Crippen LogP contribution is -2.19. The summed E-state index contributed by atoms with van der Waals surface area (Å²) in [4.78, 5) is 2.29. The predicted octanol–water partition coefficient (Wildman–Crippen LogP) is 2.53. The third-order valence-electron chi connectivity index (χ3n) is 2.65. The highest BCUT2D eigenvalue weighted by Crippen LogP contribution is 2.08. The molecule has 0 heterocycles. The largest absolute Gasteiger partial charge is 0.276 e. The van der Waals surface area contributed by atoms with Crippen molar-refractivity contribution in [1.29, 1.82) is 0 Å². The Morgan fingerprint density at radius 3 is 2.25 bits per heavy atom. The van der Waals surface area contributed by atoms with Crippen molar-refractivity contribution in [1.82, 2.24) is 4.83 Å². The van der Waals surface area contributed by atoms with Gasteiger partial charge in [0, 0.05) is 0 Å². The highest BCUT2D eigenvalue weighted by atomic mass is 32.2. The summed E-state index contributed by atoms with van der Waals surface area (Å²) in [5.74, 6) is -0.355. The molecule has 0 atom stereocenters. The fraction of sp³-hybridized carbons (Fsp3) is 0.0714. The van der Waals surface area contributed by atoms with Gasteiger partial charge in [0.05, 0.1) is 10.6 Å². The van der Waals surface area contributed by atoms with Crippen LogP contribution in [0.5, 0.6) is 0 Å². The summed E-state index contributed by atoms with van der Waals surface area (Å²) in [5, 5.41) is 3.83.